The molecule has 0 aliphatic heterocycles. The lowest BCUT2D eigenvalue weighted by Crippen LogP contribution is -2.12. The average Bonchev–Trinajstić information content (AvgIpc) is 3.23. The zero-order chi connectivity index (χ0) is 20.5. The fraction of sp³-hybridized carbons (Fsp3) is 0. The third kappa shape index (κ3) is 2.91. The van der Waals surface area contributed by atoms with E-state index < -0.39 is 5.91 Å². The van der Waals surface area contributed by atoms with Crippen LogP contribution in [0.5, 0.6) is 0 Å². The minimum Gasteiger partial charge on any atom is -0.366 e. The van der Waals surface area contributed by atoms with Gasteiger partial charge >= 0.3 is 0 Å². The Morgan fingerprint density at radius 3 is 2.07 bits per heavy atom. The van der Waals surface area contributed by atoms with E-state index in [0.29, 0.717) is 22.5 Å². The number of H-pyrrole nitrogens is 1. The molecule has 3 N–H and O–H groups in total. The van der Waals surface area contributed by atoms with Crippen LogP contribution in [0.2, 0.25) is 0 Å². The number of aromatic nitrogens is 4. The summed E-state index contributed by atoms with van der Waals surface area (Å²) in [5.41, 5.74) is 11.4. The minimum atomic E-state index is -0.506. The largest absolute Gasteiger partial charge is 0.366 e. The molecule has 5 rings (SSSR count). The summed E-state index contributed by atoms with van der Waals surface area (Å²) in [6, 6.07) is 27.1. The second kappa shape index (κ2) is 7.25. The van der Waals surface area contributed by atoms with Gasteiger partial charge in [0.1, 0.15) is 11.4 Å². The lowest BCUT2D eigenvalue weighted by molar-refractivity contribution is 0.100. The van der Waals surface area contributed by atoms with Gasteiger partial charge in [-0.25, -0.2) is 0 Å². The van der Waals surface area contributed by atoms with E-state index in [1.807, 2.05) is 72.8 Å². The molecule has 0 bridgehead atoms. The molecule has 0 aliphatic carbocycles. The third-order valence-corrected chi connectivity index (χ3v) is 5.04. The summed E-state index contributed by atoms with van der Waals surface area (Å²) in [4.78, 5) is 12.1. The van der Waals surface area contributed by atoms with Crippen LogP contribution in [-0.2, 0) is 0 Å². The summed E-state index contributed by atoms with van der Waals surface area (Å²) in [6.07, 6.45) is 0. The number of fused-ring (bicyclic) bond motifs is 1. The number of nitrogens with two attached hydrogens (primary N) is 1. The Kier molecular flexibility index (Phi) is 4.29. The zero-order valence-corrected chi connectivity index (χ0v) is 15.9. The summed E-state index contributed by atoms with van der Waals surface area (Å²) in [5, 5.41) is 17.1. The van der Waals surface area contributed by atoms with Crippen molar-refractivity contribution in [2.24, 2.45) is 5.73 Å². The average molecular weight is 391 g/mol. The SMILES string of the molecule is NC(=O)c1ccccc1-c1n[nH]c2nnc(-c3ccccc3)c(-c3ccccc3)c12. The van der Waals surface area contributed by atoms with E-state index in [9.17, 15) is 4.79 Å². The highest BCUT2D eigenvalue weighted by Gasteiger charge is 2.22. The number of aromatic amines is 1. The minimum absolute atomic E-state index is 0.406. The van der Waals surface area contributed by atoms with Crippen molar-refractivity contribution in [3.8, 4) is 33.6 Å². The molecule has 6 nitrogen and oxygen atoms in total. The Morgan fingerprint density at radius 2 is 1.37 bits per heavy atom. The standard InChI is InChI=1S/C24H17N5O/c25-23(30)18-14-8-7-13-17(18)22-20-19(15-9-3-1-4-10-15)21(16-11-5-2-6-12-16)26-28-24(20)29-27-22/h1-14H,(H2,25,30)(H,27,28,29). The van der Waals surface area contributed by atoms with E-state index in [4.69, 9.17) is 5.73 Å². The van der Waals surface area contributed by atoms with Gasteiger partial charge in [0, 0.05) is 22.3 Å². The number of carbonyl (C=O) groups excluding carboxylic acids is 1. The number of carbonyl (C=O) groups is 1. The van der Waals surface area contributed by atoms with Crippen molar-refractivity contribution in [1.82, 2.24) is 20.4 Å². The number of nitrogens with one attached hydrogen (secondary N) is 1. The molecule has 1 amide bonds. The van der Waals surface area contributed by atoms with E-state index >= 15 is 0 Å². The Bertz CT molecular complexity index is 1360. The van der Waals surface area contributed by atoms with E-state index in [2.05, 4.69) is 20.4 Å². The molecular formula is C24H17N5O. The Balaban J connectivity index is 1.90. The zero-order valence-electron chi connectivity index (χ0n) is 15.9. The van der Waals surface area contributed by atoms with Crippen molar-refractivity contribution in [2.45, 2.75) is 0 Å². The van der Waals surface area contributed by atoms with Crippen molar-refractivity contribution in [3.63, 3.8) is 0 Å². The fourth-order valence-electron chi connectivity index (χ4n) is 3.69. The van der Waals surface area contributed by atoms with E-state index in [1.54, 1.807) is 12.1 Å². The molecule has 0 radical (unpaired) electrons. The van der Waals surface area contributed by atoms with Gasteiger partial charge in [-0.3, -0.25) is 9.89 Å². The van der Waals surface area contributed by atoms with Gasteiger partial charge in [0.25, 0.3) is 0 Å². The van der Waals surface area contributed by atoms with Crippen LogP contribution < -0.4 is 5.73 Å². The van der Waals surface area contributed by atoms with Gasteiger partial charge in [-0.15, -0.1) is 10.2 Å². The second-order valence-corrected chi connectivity index (χ2v) is 6.86. The molecule has 30 heavy (non-hydrogen) atoms. The maximum atomic E-state index is 12.1. The van der Waals surface area contributed by atoms with Crippen LogP contribution in [0.3, 0.4) is 0 Å². The quantitative estimate of drug-likeness (QED) is 0.473. The molecule has 0 saturated heterocycles. The molecule has 3 aromatic carbocycles. The van der Waals surface area contributed by atoms with E-state index in [1.165, 1.54) is 0 Å². The van der Waals surface area contributed by atoms with Crippen molar-refractivity contribution in [1.29, 1.82) is 0 Å². The number of hydrogen-bond acceptors (Lipinski definition) is 4. The first-order chi connectivity index (χ1) is 14.7. The summed E-state index contributed by atoms with van der Waals surface area (Å²) >= 11 is 0. The number of primary amides is 1. The van der Waals surface area contributed by atoms with Gasteiger partial charge in [0.2, 0.25) is 5.91 Å². The molecule has 0 aliphatic rings. The number of amides is 1. The van der Waals surface area contributed by atoms with Crippen molar-refractivity contribution in [2.75, 3.05) is 0 Å². The molecule has 0 saturated carbocycles. The Labute approximate surface area is 172 Å². The molecule has 2 aromatic heterocycles. The molecule has 5 aromatic rings. The van der Waals surface area contributed by atoms with Gasteiger partial charge in [0.05, 0.1) is 5.39 Å². The van der Waals surface area contributed by atoms with Gasteiger partial charge in [0.15, 0.2) is 5.65 Å². The lowest BCUT2D eigenvalue weighted by atomic mass is 9.93. The van der Waals surface area contributed by atoms with Crippen molar-refractivity contribution >= 4 is 16.9 Å². The smallest absolute Gasteiger partial charge is 0.249 e. The third-order valence-electron chi connectivity index (χ3n) is 5.04. The number of hydrogen-bond donors (Lipinski definition) is 2. The summed E-state index contributed by atoms with van der Waals surface area (Å²) < 4.78 is 0. The monoisotopic (exact) mass is 391 g/mol. The first-order valence-corrected chi connectivity index (χ1v) is 9.49. The highest BCUT2D eigenvalue weighted by atomic mass is 16.1. The summed E-state index contributed by atoms with van der Waals surface area (Å²) in [7, 11) is 0. The maximum Gasteiger partial charge on any atom is 0.249 e. The van der Waals surface area contributed by atoms with Crippen molar-refractivity contribution in [3.05, 3.63) is 90.5 Å². The molecule has 0 spiro atoms. The van der Waals surface area contributed by atoms with Gasteiger partial charge in [-0.05, 0) is 11.6 Å². The molecule has 144 valence electrons. The number of rotatable bonds is 4. The van der Waals surface area contributed by atoms with Gasteiger partial charge in [-0.1, -0.05) is 78.9 Å². The molecule has 0 fully saturated rings. The van der Waals surface area contributed by atoms with Crippen LogP contribution in [0.15, 0.2) is 84.9 Å². The molecule has 0 atom stereocenters. The Hall–Kier alpha value is -4.32. The normalized spacial score (nSPS) is 10.9. The topological polar surface area (TPSA) is 97.6 Å². The molecule has 0 unspecified atom stereocenters. The molecular weight excluding hydrogens is 374 g/mol. The lowest BCUT2D eigenvalue weighted by Gasteiger charge is -2.12. The van der Waals surface area contributed by atoms with Crippen LogP contribution in [0.25, 0.3) is 44.7 Å². The van der Waals surface area contributed by atoms with Crippen LogP contribution in [-0.4, -0.2) is 26.3 Å². The number of nitrogens with zero attached hydrogens (tertiary/aromatic N) is 3. The highest BCUT2D eigenvalue weighted by Crippen LogP contribution is 2.40. The second-order valence-electron chi connectivity index (χ2n) is 6.86. The van der Waals surface area contributed by atoms with Crippen LogP contribution in [0.4, 0.5) is 0 Å². The summed E-state index contributed by atoms with van der Waals surface area (Å²) in [5.74, 6) is -0.506. The summed E-state index contributed by atoms with van der Waals surface area (Å²) in [6.45, 7) is 0. The fourth-order valence-corrected chi connectivity index (χ4v) is 3.69. The van der Waals surface area contributed by atoms with Gasteiger partial charge in [-0.2, -0.15) is 5.10 Å². The molecule has 6 heteroatoms. The highest BCUT2D eigenvalue weighted by molar-refractivity contribution is 6.09. The van der Waals surface area contributed by atoms with E-state index in [0.717, 1.165) is 27.8 Å². The maximum absolute atomic E-state index is 12.1. The first-order valence-electron chi connectivity index (χ1n) is 9.49. The Morgan fingerprint density at radius 1 is 0.733 bits per heavy atom. The van der Waals surface area contributed by atoms with E-state index in [-0.39, 0.29) is 0 Å². The van der Waals surface area contributed by atoms with Crippen LogP contribution in [0, 0.1) is 0 Å². The number of benzene rings is 3. The van der Waals surface area contributed by atoms with Crippen LogP contribution >= 0.6 is 0 Å². The van der Waals surface area contributed by atoms with Gasteiger partial charge < -0.3 is 5.73 Å². The van der Waals surface area contributed by atoms with Crippen LogP contribution in [0.1, 0.15) is 10.4 Å². The predicted molar refractivity (Wildman–Crippen MR) is 117 cm³/mol. The first kappa shape index (κ1) is 17.8. The predicted octanol–water partition coefficient (Wildman–Crippen LogP) is 4.45. The van der Waals surface area contributed by atoms with Crippen molar-refractivity contribution < 1.29 is 4.79 Å². The molecule has 2 heterocycles.